The van der Waals surface area contributed by atoms with Crippen LogP contribution in [0, 0.1) is 5.92 Å². The summed E-state index contributed by atoms with van der Waals surface area (Å²) in [4.78, 5) is 21.3. The number of hydrogen-bond acceptors (Lipinski definition) is 6. The number of fused-ring (bicyclic) bond motifs is 1. The van der Waals surface area contributed by atoms with Gasteiger partial charge in [-0.1, -0.05) is 23.5 Å². The highest BCUT2D eigenvalue weighted by molar-refractivity contribution is 7.13. The monoisotopic (exact) mass is 411 g/mol. The number of carbonyl (C=O) groups is 1. The molecule has 0 saturated heterocycles. The van der Waals surface area contributed by atoms with Crippen LogP contribution in [0.3, 0.4) is 0 Å². The molecule has 1 saturated carbocycles. The molecule has 1 aliphatic rings. The minimum Gasteiger partial charge on any atom is -0.460 e. The van der Waals surface area contributed by atoms with Gasteiger partial charge in [0.15, 0.2) is 18.1 Å². The molecule has 148 valence electrons. The third-order valence-electron chi connectivity index (χ3n) is 4.40. The van der Waals surface area contributed by atoms with Crippen LogP contribution in [0.2, 0.25) is 0 Å². The summed E-state index contributed by atoms with van der Waals surface area (Å²) < 4.78 is 46.9. The van der Waals surface area contributed by atoms with Gasteiger partial charge in [0.1, 0.15) is 5.52 Å². The van der Waals surface area contributed by atoms with Gasteiger partial charge in [0.2, 0.25) is 5.91 Å². The number of hydrogen-bond donors (Lipinski definition) is 1. The molecular weight excluding hydrogens is 395 g/mol. The summed E-state index contributed by atoms with van der Waals surface area (Å²) in [6, 6.07) is 7.02. The number of amides is 1. The molecule has 3 atom stereocenters. The fraction of sp³-hybridized carbons (Fsp3) is 0.389. The number of ether oxygens (including phenoxy) is 1. The van der Waals surface area contributed by atoms with E-state index >= 15 is 0 Å². The van der Waals surface area contributed by atoms with E-state index < -0.39 is 18.8 Å². The van der Waals surface area contributed by atoms with Crippen molar-refractivity contribution in [1.82, 2.24) is 15.3 Å². The van der Waals surface area contributed by atoms with Crippen LogP contribution in [-0.2, 0) is 4.79 Å². The van der Waals surface area contributed by atoms with E-state index in [1.54, 1.807) is 6.92 Å². The lowest BCUT2D eigenvalue weighted by atomic mass is 10.2. The molecule has 1 N–H and O–H groups in total. The first-order chi connectivity index (χ1) is 13.3. The fourth-order valence-corrected chi connectivity index (χ4v) is 3.64. The van der Waals surface area contributed by atoms with Gasteiger partial charge in [-0.2, -0.15) is 13.2 Å². The Labute approximate surface area is 161 Å². The Balaban J connectivity index is 1.33. The number of para-hydroxylation sites is 2. The van der Waals surface area contributed by atoms with Crippen molar-refractivity contribution in [2.45, 2.75) is 31.5 Å². The first-order valence-electron chi connectivity index (χ1n) is 8.61. The third kappa shape index (κ3) is 4.11. The number of rotatable bonds is 6. The molecular formula is C18H16F3N3O3S. The smallest absolute Gasteiger partial charge is 0.422 e. The van der Waals surface area contributed by atoms with Crippen LogP contribution < -0.4 is 10.1 Å². The van der Waals surface area contributed by atoms with Crippen LogP contribution in [0.1, 0.15) is 36.1 Å². The maximum absolute atomic E-state index is 12.5. The molecule has 0 unspecified atom stereocenters. The van der Waals surface area contributed by atoms with Gasteiger partial charge in [-0.05, 0) is 25.5 Å². The largest absolute Gasteiger partial charge is 0.460 e. The first kappa shape index (κ1) is 18.7. The molecule has 0 radical (unpaired) electrons. The quantitative estimate of drug-likeness (QED) is 0.658. The van der Waals surface area contributed by atoms with Crippen molar-refractivity contribution in [1.29, 1.82) is 0 Å². The molecule has 2 heterocycles. The zero-order valence-electron chi connectivity index (χ0n) is 14.7. The SMILES string of the molecule is C[C@@H](NC(=O)[C@@H]1C[C@H]1c1nc2ccccc2o1)c1cnc(OCC(F)(F)F)s1. The second-order valence-electron chi connectivity index (χ2n) is 6.63. The van der Waals surface area contributed by atoms with Gasteiger partial charge in [0.05, 0.1) is 16.8 Å². The summed E-state index contributed by atoms with van der Waals surface area (Å²) in [5.74, 6) is 0.108. The van der Waals surface area contributed by atoms with Crippen molar-refractivity contribution < 1.29 is 27.1 Å². The van der Waals surface area contributed by atoms with Crippen LogP contribution >= 0.6 is 11.3 Å². The summed E-state index contributed by atoms with van der Waals surface area (Å²) in [6.45, 7) is 0.352. The van der Waals surface area contributed by atoms with E-state index in [4.69, 9.17) is 4.42 Å². The molecule has 3 aromatic rings. The highest BCUT2D eigenvalue weighted by Gasteiger charge is 2.47. The Morgan fingerprint density at radius 2 is 2.21 bits per heavy atom. The number of nitrogens with zero attached hydrogens (tertiary/aromatic N) is 2. The van der Waals surface area contributed by atoms with E-state index in [1.807, 2.05) is 24.3 Å². The number of aromatic nitrogens is 2. The van der Waals surface area contributed by atoms with Gasteiger partial charge >= 0.3 is 6.18 Å². The Kier molecular flexibility index (Phi) is 4.74. The van der Waals surface area contributed by atoms with Crippen LogP contribution in [-0.4, -0.2) is 28.7 Å². The number of benzene rings is 1. The van der Waals surface area contributed by atoms with E-state index in [0.717, 1.165) is 16.9 Å². The number of alkyl halides is 3. The standard InChI is InChI=1S/C18H16F3N3O3S/c1-9(14-7-22-17(28-14)26-8-18(19,20)21)23-15(25)10-6-11(10)16-24-12-4-2-3-5-13(12)27-16/h2-5,7,9-11H,6,8H2,1H3,(H,23,25)/t9-,10-,11-/m1/s1. The Hall–Kier alpha value is -2.62. The molecule has 4 rings (SSSR count). The van der Waals surface area contributed by atoms with E-state index in [1.165, 1.54) is 6.20 Å². The summed E-state index contributed by atoms with van der Waals surface area (Å²) in [7, 11) is 0. The van der Waals surface area contributed by atoms with Gasteiger partial charge in [0.25, 0.3) is 5.19 Å². The maximum Gasteiger partial charge on any atom is 0.422 e. The van der Waals surface area contributed by atoms with Crippen LogP contribution in [0.15, 0.2) is 34.9 Å². The molecule has 10 heteroatoms. The second-order valence-corrected chi connectivity index (χ2v) is 7.66. The highest BCUT2D eigenvalue weighted by Crippen LogP contribution is 2.48. The maximum atomic E-state index is 12.5. The second kappa shape index (κ2) is 7.08. The van der Waals surface area contributed by atoms with E-state index in [2.05, 4.69) is 20.0 Å². The summed E-state index contributed by atoms with van der Waals surface area (Å²) in [5, 5.41) is 2.78. The molecule has 0 aliphatic heterocycles. The van der Waals surface area contributed by atoms with Crippen LogP contribution in [0.25, 0.3) is 11.1 Å². The number of nitrogens with one attached hydrogen (secondary N) is 1. The molecule has 1 fully saturated rings. The summed E-state index contributed by atoms with van der Waals surface area (Å²) >= 11 is 0.977. The minimum absolute atomic E-state index is 0.0632. The van der Waals surface area contributed by atoms with Gasteiger partial charge in [0, 0.05) is 12.1 Å². The van der Waals surface area contributed by atoms with Crippen molar-refractivity contribution >= 4 is 28.3 Å². The van der Waals surface area contributed by atoms with Gasteiger partial charge < -0.3 is 14.5 Å². The lowest BCUT2D eigenvalue weighted by Crippen LogP contribution is -2.28. The van der Waals surface area contributed by atoms with Gasteiger partial charge in [-0.25, -0.2) is 9.97 Å². The fourth-order valence-electron chi connectivity index (χ4n) is 2.88. The van der Waals surface area contributed by atoms with Crippen molar-refractivity contribution in [3.05, 3.63) is 41.2 Å². The zero-order chi connectivity index (χ0) is 19.9. The molecule has 1 amide bonds. The molecule has 1 aromatic carbocycles. The zero-order valence-corrected chi connectivity index (χ0v) is 15.5. The average molecular weight is 411 g/mol. The minimum atomic E-state index is -4.42. The van der Waals surface area contributed by atoms with Crippen LogP contribution in [0.4, 0.5) is 13.2 Å². The number of halogens is 3. The molecule has 28 heavy (non-hydrogen) atoms. The van der Waals surface area contributed by atoms with E-state index in [-0.39, 0.29) is 22.9 Å². The number of carbonyl (C=O) groups excluding carboxylic acids is 1. The van der Waals surface area contributed by atoms with Crippen molar-refractivity contribution in [3.8, 4) is 5.19 Å². The highest BCUT2D eigenvalue weighted by atomic mass is 32.1. The van der Waals surface area contributed by atoms with Crippen molar-refractivity contribution in [3.63, 3.8) is 0 Å². The summed E-state index contributed by atoms with van der Waals surface area (Å²) in [5.41, 5.74) is 1.45. The Bertz CT molecular complexity index is 968. The first-order valence-corrected chi connectivity index (χ1v) is 9.43. The molecule has 0 bridgehead atoms. The third-order valence-corrected chi connectivity index (χ3v) is 5.49. The Morgan fingerprint density at radius 3 is 2.96 bits per heavy atom. The van der Waals surface area contributed by atoms with E-state index in [9.17, 15) is 18.0 Å². The van der Waals surface area contributed by atoms with E-state index in [0.29, 0.717) is 22.8 Å². The van der Waals surface area contributed by atoms with Crippen LogP contribution in [0.5, 0.6) is 5.19 Å². The predicted molar refractivity (Wildman–Crippen MR) is 95.1 cm³/mol. The van der Waals surface area contributed by atoms with Gasteiger partial charge in [-0.3, -0.25) is 4.79 Å². The molecule has 6 nitrogen and oxygen atoms in total. The predicted octanol–water partition coefficient (Wildman–Crippen LogP) is 4.21. The lowest BCUT2D eigenvalue weighted by molar-refractivity contribution is -0.153. The molecule has 0 spiro atoms. The number of thiazole rings is 1. The topological polar surface area (TPSA) is 77.3 Å². The summed E-state index contributed by atoms with van der Waals surface area (Å²) in [6.07, 6.45) is -2.36. The van der Waals surface area contributed by atoms with Crippen molar-refractivity contribution in [2.24, 2.45) is 5.92 Å². The lowest BCUT2D eigenvalue weighted by Gasteiger charge is -2.11. The normalized spacial score (nSPS) is 20.1. The van der Waals surface area contributed by atoms with Gasteiger partial charge in [-0.15, -0.1) is 0 Å². The molecule has 1 aliphatic carbocycles. The number of oxazole rings is 1. The molecule has 2 aromatic heterocycles. The average Bonchev–Trinajstić information content (AvgIpc) is 3.11. The van der Waals surface area contributed by atoms with Crippen molar-refractivity contribution in [2.75, 3.05) is 6.61 Å². The Morgan fingerprint density at radius 1 is 1.43 bits per heavy atom.